The van der Waals surface area contributed by atoms with Gasteiger partial charge in [-0.3, -0.25) is 4.79 Å². The maximum absolute atomic E-state index is 14.3. The van der Waals surface area contributed by atoms with E-state index in [1.807, 2.05) is 19.9 Å². The first kappa shape index (κ1) is 21.0. The van der Waals surface area contributed by atoms with Crippen LogP contribution in [-0.2, 0) is 0 Å². The van der Waals surface area contributed by atoms with Gasteiger partial charge in [-0.25, -0.2) is 14.2 Å². The molecule has 1 aromatic carbocycles. The van der Waals surface area contributed by atoms with Crippen molar-refractivity contribution in [1.82, 2.24) is 4.98 Å². The van der Waals surface area contributed by atoms with Crippen LogP contribution < -0.4 is 15.1 Å². The first-order valence-corrected chi connectivity index (χ1v) is 10.6. The van der Waals surface area contributed by atoms with Crippen molar-refractivity contribution in [2.45, 2.75) is 38.9 Å². The van der Waals surface area contributed by atoms with Crippen molar-refractivity contribution in [3.05, 3.63) is 55.9 Å². The van der Waals surface area contributed by atoms with Crippen molar-refractivity contribution in [3.63, 3.8) is 0 Å². The molecule has 32 heavy (non-hydrogen) atoms. The summed E-state index contributed by atoms with van der Waals surface area (Å²) in [5.41, 5.74) is -0.474. The number of ketones is 1. The molecular formula is C23H16Cl2FNO5. The number of pyridine rings is 1. The number of hydrogen-bond acceptors (Lipinski definition) is 6. The molecule has 1 unspecified atom stereocenters. The zero-order valence-corrected chi connectivity index (χ0v) is 18.7. The predicted molar refractivity (Wildman–Crippen MR) is 118 cm³/mol. The summed E-state index contributed by atoms with van der Waals surface area (Å²) in [5, 5.41) is -0.215. The fraction of sp³-hybridized carbons (Fsp3) is 0.261. The number of ether oxygens (including phenoxy) is 2. The van der Waals surface area contributed by atoms with Gasteiger partial charge in [-0.1, -0.05) is 23.2 Å². The molecule has 2 aromatic heterocycles. The Balaban J connectivity index is 1.99. The van der Waals surface area contributed by atoms with Crippen LogP contribution in [0.5, 0.6) is 11.5 Å². The first-order valence-electron chi connectivity index (χ1n) is 9.83. The van der Waals surface area contributed by atoms with E-state index in [4.69, 9.17) is 37.1 Å². The molecule has 2 aliphatic heterocycles. The molecule has 0 N–H and O–H groups in total. The Labute approximate surface area is 191 Å². The number of rotatable bonds is 1. The largest absolute Gasteiger partial charge is 0.489 e. The minimum Gasteiger partial charge on any atom is -0.489 e. The van der Waals surface area contributed by atoms with E-state index in [-0.39, 0.29) is 51.5 Å². The summed E-state index contributed by atoms with van der Waals surface area (Å²) < 4.78 is 32.1. The number of Topliss-reactive ketones (excluding diaryl/α,β-unsaturated/α-hetero) is 1. The number of nitrogens with zero attached hydrogens (tertiary/aromatic N) is 1. The minimum absolute atomic E-state index is 0.00400. The summed E-state index contributed by atoms with van der Waals surface area (Å²) in [5.74, 6) is -0.432. The molecule has 164 valence electrons. The fourth-order valence-electron chi connectivity index (χ4n) is 4.04. The van der Waals surface area contributed by atoms with E-state index in [1.165, 1.54) is 0 Å². The SMILES string of the molecule is CC1CC(=O)c2c(c3c(c4c(-c5cc(F)c(Cl)nc5Cl)cc(=O)oc24)OC(C)(C)C=C3)O1. The van der Waals surface area contributed by atoms with Crippen LogP contribution >= 0.6 is 23.2 Å². The van der Waals surface area contributed by atoms with E-state index in [2.05, 4.69) is 4.98 Å². The number of aromatic nitrogens is 1. The van der Waals surface area contributed by atoms with Gasteiger partial charge in [-0.2, -0.15) is 0 Å². The molecule has 0 saturated carbocycles. The van der Waals surface area contributed by atoms with E-state index in [9.17, 15) is 14.0 Å². The number of halogens is 3. The lowest BCUT2D eigenvalue weighted by molar-refractivity contribution is 0.0869. The summed E-state index contributed by atoms with van der Waals surface area (Å²) >= 11 is 12.0. The van der Waals surface area contributed by atoms with E-state index < -0.39 is 22.2 Å². The van der Waals surface area contributed by atoms with E-state index >= 15 is 0 Å². The second-order valence-electron chi connectivity index (χ2n) is 8.32. The number of carbonyl (C=O) groups excluding carboxylic acids is 1. The van der Waals surface area contributed by atoms with Crippen molar-refractivity contribution >= 4 is 46.0 Å². The quantitative estimate of drug-likeness (QED) is 0.325. The molecule has 6 nitrogen and oxygen atoms in total. The number of benzene rings is 1. The maximum atomic E-state index is 14.3. The average molecular weight is 476 g/mol. The molecule has 3 aromatic rings. The number of carbonyl (C=O) groups is 1. The maximum Gasteiger partial charge on any atom is 0.336 e. The van der Waals surface area contributed by atoms with Gasteiger partial charge in [0.15, 0.2) is 22.3 Å². The van der Waals surface area contributed by atoms with Crippen LogP contribution in [0.1, 0.15) is 43.1 Å². The topological polar surface area (TPSA) is 78.6 Å². The highest BCUT2D eigenvalue weighted by Gasteiger charge is 2.37. The lowest BCUT2D eigenvalue weighted by Crippen LogP contribution is -2.30. The summed E-state index contributed by atoms with van der Waals surface area (Å²) in [7, 11) is 0. The Hall–Kier alpha value is -2.90. The molecule has 1 atom stereocenters. The Morgan fingerprint density at radius 2 is 1.88 bits per heavy atom. The van der Waals surface area contributed by atoms with Crippen molar-refractivity contribution in [1.29, 1.82) is 0 Å². The Morgan fingerprint density at radius 3 is 2.62 bits per heavy atom. The van der Waals surface area contributed by atoms with Crippen LogP contribution in [0.15, 0.2) is 27.4 Å². The van der Waals surface area contributed by atoms with Crippen molar-refractivity contribution in [2.75, 3.05) is 0 Å². The van der Waals surface area contributed by atoms with Gasteiger partial charge in [0.1, 0.15) is 33.9 Å². The standard InChI is InChI=1S/C23H16Cl2FNO5/c1-9-6-14(28)17-18(30-9)10-4-5-23(2,3)32-19(10)16-11(8-15(29)31-20(16)17)12-7-13(26)22(25)27-21(12)24/h4-5,7-9H,6H2,1-3H3. The summed E-state index contributed by atoms with van der Waals surface area (Å²) in [6.07, 6.45) is 3.39. The van der Waals surface area contributed by atoms with Gasteiger partial charge in [0, 0.05) is 23.6 Å². The number of hydrogen-bond donors (Lipinski definition) is 0. The van der Waals surface area contributed by atoms with E-state index in [1.54, 1.807) is 13.0 Å². The Kier molecular flexibility index (Phi) is 4.62. The van der Waals surface area contributed by atoms with Crippen molar-refractivity contribution in [2.24, 2.45) is 0 Å². The normalized spacial score (nSPS) is 18.7. The minimum atomic E-state index is -0.811. The molecule has 0 radical (unpaired) electrons. The molecule has 0 spiro atoms. The van der Waals surface area contributed by atoms with Gasteiger partial charge >= 0.3 is 5.63 Å². The van der Waals surface area contributed by atoms with Gasteiger partial charge in [0.25, 0.3) is 0 Å². The molecule has 9 heteroatoms. The second-order valence-corrected chi connectivity index (χ2v) is 9.04. The Morgan fingerprint density at radius 1 is 1.12 bits per heavy atom. The van der Waals surface area contributed by atoms with Crippen LogP contribution in [0.3, 0.4) is 0 Å². The molecule has 0 fully saturated rings. The molecule has 2 aliphatic rings. The second kappa shape index (κ2) is 7.05. The molecular weight excluding hydrogens is 460 g/mol. The molecule has 0 amide bonds. The third-order valence-corrected chi connectivity index (χ3v) is 5.95. The smallest absolute Gasteiger partial charge is 0.336 e. The fourth-order valence-corrected chi connectivity index (χ4v) is 4.46. The summed E-state index contributed by atoms with van der Waals surface area (Å²) in [6, 6.07) is 2.25. The lowest BCUT2D eigenvalue weighted by atomic mass is 9.89. The van der Waals surface area contributed by atoms with E-state index in [0.717, 1.165) is 12.1 Å². The lowest BCUT2D eigenvalue weighted by Gasteiger charge is -2.33. The molecule has 0 bridgehead atoms. The van der Waals surface area contributed by atoms with E-state index in [0.29, 0.717) is 16.7 Å². The van der Waals surface area contributed by atoms with Gasteiger partial charge in [-0.05, 0) is 39.0 Å². The monoisotopic (exact) mass is 475 g/mol. The van der Waals surface area contributed by atoms with Crippen LogP contribution in [0.25, 0.3) is 28.2 Å². The molecule has 0 aliphatic carbocycles. The third kappa shape index (κ3) is 3.19. The third-order valence-electron chi connectivity index (χ3n) is 5.40. The van der Waals surface area contributed by atoms with Gasteiger partial charge in [0.05, 0.1) is 10.9 Å². The zero-order chi connectivity index (χ0) is 22.9. The van der Waals surface area contributed by atoms with Crippen LogP contribution in [0, 0.1) is 5.82 Å². The Bertz CT molecular complexity index is 1430. The first-order chi connectivity index (χ1) is 15.1. The van der Waals surface area contributed by atoms with Crippen LogP contribution in [-0.4, -0.2) is 22.5 Å². The van der Waals surface area contributed by atoms with Gasteiger partial charge < -0.3 is 13.9 Å². The highest BCUT2D eigenvalue weighted by atomic mass is 35.5. The van der Waals surface area contributed by atoms with Crippen molar-refractivity contribution in [3.8, 4) is 22.6 Å². The summed E-state index contributed by atoms with van der Waals surface area (Å²) in [6.45, 7) is 5.48. The predicted octanol–water partition coefficient (Wildman–Crippen LogP) is 5.84. The zero-order valence-electron chi connectivity index (χ0n) is 17.2. The number of fused-ring (bicyclic) bond motifs is 6. The molecule has 4 heterocycles. The van der Waals surface area contributed by atoms with Crippen LogP contribution in [0.4, 0.5) is 4.39 Å². The van der Waals surface area contributed by atoms with Crippen molar-refractivity contribution < 1.29 is 23.1 Å². The summed E-state index contributed by atoms with van der Waals surface area (Å²) in [4.78, 5) is 29.4. The molecule has 5 rings (SSSR count). The van der Waals surface area contributed by atoms with Gasteiger partial charge in [0.2, 0.25) is 0 Å². The average Bonchev–Trinajstić information content (AvgIpc) is 2.68. The highest BCUT2D eigenvalue weighted by molar-refractivity contribution is 6.34. The van der Waals surface area contributed by atoms with Gasteiger partial charge in [-0.15, -0.1) is 0 Å². The highest BCUT2D eigenvalue weighted by Crippen LogP contribution is 2.50. The molecule has 0 saturated heterocycles. The van der Waals surface area contributed by atoms with Crippen LogP contribution in [0.2, 0.25) is 10.3 Å².